The number of ketones is 1. The Morgan fingerprint density at radius 2 is 1.97 bits per heavy atom. The lowest BCUT2D eigenvalue weighted by molar-refractivity contribution is -0.142. The Hall–Kier alpha value is -3.40. The Morgan fingerprint density at radius 1 is 1.16 bits per heavy atom. The second-order valence-corrected chi connectivity index (χ2v) is 7.99. The molecule has 0 bridgehead atoms. The lowest BCUT2D eigenvalue weighted by Gasteiger charge is -2.02. The van der Waals surface area contributed by atoms with E-state index in [0.29, 0.717) is 17.8 Å². The summed E-state index contributed by atoms with van der Waals surface area (Å²) in [6, 6.07) is 6.54. The van der Waals surface area contributed by atoms with Crippen LogP contribution < -0.4 is 5.32 Å². The van der Waals surface area contributed by atoms with Gasteiger partial charge in [-0.2, -0.15) is 0 Å². The van der Waals surface area contributed by atoms with Crippen LogP contribution in [0, 0.1) is 11.6 Å². The van der Waals surface area contributed by atoms with Crippen molar-refractivity contribution >= 4 is 29.0 Å². The number of benzene rings is 1. The normalized spacial score (nSPS) is 10.7. The van der Waals surface area contributed by atoms with Crippen LogP contribution >= 0.6 is 11.3 Å². The third-order valence-electron chi connectivity index (χ3n) is 4.34. The molecule has 7 nitrogen and oxygen atoms in total. The lowest BCUT2D eigenvalue weighted by atomic mass is 10.2. The number of Topliss-reactive ketones (excluding diaryl/α,β-unsaturated/α-hetero) is 1. The summed E-state index contributed by atoms with van der Waals surface area (Å²) in [6.45, 7) is 1.53. The van der Waals surface area contributed by atoms with Crippen LogP contribution in [0.4, 0.5) is 8.78 Å². The van der Waals surface area contributed by atoms with Gasteiger partial charge in [0.2, 0.25) is 11.7 Å². The predicted octanol–water partition coefficient (Wildman–Crippen LogP) is 3.72. The molecule has 0 spiro atoms. The van der Waals surface area contributed by atoms with E-state index in [9.17, 15) is 23.2 Å². The molecule has 0 saturated heterocycles. The van der Waals surface area contributed by atoms with Crippen LogP contribution in [0.25, 0.3) is 11.3 Å². The molecular weight excluding hydrogens is 442 g/mol. The highest BCUT2D eigenvalue weighted by atomic mass is 32.1. The number of thiophene rings is 1. The molecule has 0 aliphatic heterocycles. The number of ether oxygens (including phenoxy) is 1. The molecule has 0 unspecified atom stereocenters. The van der Waals surface area contributed by atoms with E-state index in [2.05, 4.69) is 10.3 Å². The Labute approximate surface area is 186 Å². The molecule has 0 fully saturated rings. The molecule has 32 heavy (non-hydrogen) atoms. The molecule has 168 valence electrons. The van der Waals surface area contributed by atoms with Gasteiger partial charge >= 0.3 is 5.97 Å². The van der Waals surface area contributed by atoms with E-state index in [1.165, 1.54) is 30.5 Å². The Morgan fingerprint density at radius 3 is 2.72 bits per heavy atom. The minimum atomic E-state index is -0.780. The van der Waals surface area contributed by atoms with Crippen LogP contribution in [0.2, 0.25) is 0 Å². The molecule has 0 aliphatic rings. The molecule has 0 aliphatic carbocycles. The molecule has 3 rings (SSSR count). The number of esters is 1. The Bertz CT molecular complexity index is 1130. The molecule has 1 amide bonds. The Kier molecular flexibility index (Phi) is 7.82. The first kappa shape index (κ1) is 23.3. The monoisotopic (exact) mass is 462 g/mol. The fourth-order valence-corrected chi connectivity index (χ4v) is 3.69. The summed E-state index contributed by atoms with van der Waals surface area (Å²) >= 11 is 1.29. The number of rotatable bonds is 10. The summed E-state index contributed by atoms with van der Waals surface area (Å²) in [4.78, 5) is 40.4. The zero-order valence-corrected chi connectivity index (χ0v) is 18.0. The number of carbonyl (C=O) groups excluding carboxylic acids is 3. The standard InChI is InChI=1S/C22H20F2N2O5S/c1-13(27)25-9-8-15-3-5-20(32-15)18(28)12-30-22(29)7-6-21-26-11-19(31-21)16-4-2-14(23)10-17(16)24/h2-5,10-11H,6-9,12H2,1H3,(H,25,27). The number of aromatic nitrogens is 1. The number of carbonyl (C=O) groups is 3. The van der Waals surface area contributed by atoms with Crippen molar-refractivity contribution in [2.75, 3.05) is 13.2 Å². The van der Waals surface area contributed by atoms with Crippen molar-refractivity contribution in [3.63, 3.8) is 0 Å². The quantitative estimate of drug-likeness (QED) is 0.364. The van der Waals surface area contributed by atoms with E-state index in [4.69, 9.17) is 9.15 Å². The number of nitrogens with one attached hydrogen (secondary N) is 1. The molecule has 0 saturated carbocycles. The van der Waals surface area contributed by atoms with Crippen molar-refractivity contribution in [2.45, 2.75) is 26.2 Å². The molecule has 2 heterocycles. The highest BCUT2D eigenvalue weighted by Gasteiger charge is 2.15. The summed E-state index contributed by atoms with van der Waals surface area (Å²) in [5.74, 6) is -2.21. The smallest absolute Gasteiger partial charge is 0.306 e. The van der Waals surface area contributed by atoms with E-state index in [1.807, 2.05) is 0 Å². The highest BCUT2D eigenvalue weighted by Crippen LogP contribution is 2.24. The van der Waals surface area contributed by atoms with Gasteiger partial charge in [0, 0.05) is 30.8 Å². The van der Waals surface area contributed by atoms with Crippen molar-refractivity contribution in [2.24, 2.45) is 0 Å². The van der Waals surface area contributed by atoms with Crippen molar-refractivity contribution in [3.05, 3.63) is 63.8 Å². The van der Waals surface area contributed by atoms with Gasteiger partial charge in [-0.3, -0.25) is 14.4 Å². The molecule has 0 radical (unpaired) electrons. The maximum atomic E-state index is 13.8. The summed E-state index contributed by atoms with van der Waals surface area (Å²) in [5.41, 5.74) is 0.0608. The first-order chi connectivity index (χ1) is 15.3. The third-order valence-corrected chi connectivity index (χ3v) is 5.53. The maximum absolute atomic E-state index is 13.8. The molecular formula is C22H20F2N2O5S. The van der Waals surface area contributed by atoms with E-state index in [-0.39, 0.29) is 48.4 Å². The largest absolute Gasteiger partial charge is 0.457 e. The predicted molar refractivity (Wildman–Crippen MR) is 112 cm³/mol. The molecule has 1 N–H and O–H groups in total. The SMILES string of the molecule is CC(=O)NCCc1ccc(C(=O)COC(=O)CCc2ncc(-c3ccc(F)cc3F)o2)s1. The summed E-state index contributed by atoms with van der Waals surface area (Å²) < 4.78 is 37.3. The average Bonchev–Trinajstić information content (AvgIpc) is 3.40. The maximum Gasteiger partial charge on any atom is 0.306 e. The summed E-state index contributed by atoms with van der Waals surface area (Å²) in [7, 11) is 0. The van der Waals surface area contributed by atoms with Crippen LogP contribution in [0.1, 0.15) is 33.8 Å². The number of oxazole rings is 1. The average molecular weight is 462 g/mol. The van der Waals surface area contributed by atoms with Gasteiger partial charge in [0.05, 0.1) is 23.1 Å². The number of nitrogens with zero attached hydrogens (tertiary/aromatic N) is 1. The zero-order chi connectivity index (χ0) is 23.1. The molecule has 1 aromatic carbocycles. The fraction of sp³-hybridized carbons (Fsp3) is 0.273. The van der Waals surface area contributed by atoms with Crippen molar-refractivity contribution in [1.29, 1.82) is 0 Å². The van der Waals surface area contributed by atoms with Gasteiger partial charge in [-0.15, -0.1) is 11.3 Å². The van der Waals surface area contributed by atoms with E-state index in [0.717, 1.165) is 17.0 Å². The second kappa shape index (κ2) is 10.8. The third kappa shape index (κ3) is 6.55. The van der Waals surface area contributed by atoms with Gasteiger partial charge in [0.15, 0.2) is 18.3 Å². The number of hydrogen-bond acceptors (Lipinski definition) is 7. The van der Waals surface area contributed by atoms with Crippen LogP contribution in [0.15, 0.2) is 40.9 Å². The first-order valence-corrected chi connectivity index (χ1v) is 10.6. The highest BCUT2D eigenvalue weighted by molar-refractivity contribution is 7.14. The first-order valence-electron chi connectivity index (χ1n) is 9.74. The van der Waals surface area contributed by atoms with Gasteiger partial charge < -0.3 is 14.5 Å². The van der Waals surface area contributed by atoms with Crippen LogP contribution in [-0.2, 0) is 27.2 Å². The molecule has 10 heteroatoms. The fourth-order valence-electron chi connectivity index (χ4n) is 2.76. The number of aryl methyl sites for hydroxylation is 1. The van der Waals surface area contributed by atoms with Gasteiger partial charge in [0.1, 0.15) is 11.6 Å². The molecule has 0 atom stereocenters. The zero-order valence-electron chi connectivity index (χ0n) is 17.2. The van der Waals surface area contributed by atoms with Crippen molar-refractivity contribution < 1.29 is 32.3 Å². The molecule has 3 aromatic rings. The molecule has 2 aromatic heterocycles. The van der Waals surface area contributed by atoms with Crippen LogP contribution in [0.3, 0.4) is 0 Å². The topological polar surface area (TPSA) is 98.5 Å². The van der Waals surface area contributed by atoms with Crippen LogP contribution in [-0.4, -0.2) is 35.8 Å². The Balaban J connectivity index is 1.44. The van der Waals surface area contributed by atoms with E-state index in [1.54, 1.807) is 12.1 Å². The lowest BCUT2D eigenvalue weighted by Crippen LogP contribution is -2.22. The van der Waals surface area contributed by atoms with Gasteiger partial charge in [-0.1, -0.05) is 0 Å². The minimum Gasteiger partial charge on any atom is -0.457 e. The van der Waals surface area contributed by atoms with E-state index < -0.39 is 17.6 Å². The number of amides is 1. The van der Waals surface area contributed by atoms with Crippen molar-refractivity contribution in [3.8, 4) is 11.3 Å². The van der Waals surface area contributed by atoms with Gasteiger partial charge in [-0.25, -0.2) is 13.8 Å². The van der Waals surface area contributed by atoms with Gasteiger partial charge in [0.25, 0.3) is 0 Å². The van der Waals surface area contributed by atoms with E-state index >= 15 is 0 Å². The summed E-state index contributed by atoms with van der Waals surface area (Å²) in [6.07, 6.45) is 1.92. The number of halogens is 2. The number of hydrogen-bond donors (Lipinski definition) is 1. The van der Waals surface area contributed by atoms with Crippen LogP contribution in [0.5, 0.6) is 0 Å². The minimum absolute atomic E-state index is 0.0608. The van der Waals surface area contributed by atoms with Crippen molar-refractivity contribution in [1.82, 2.24) is 10.3 Å². The second-order valence-electron chi connectivity index (χ2n) is 6.83. The summed E-state index contributed by atoms with van der Waals surface area (Å²) in [5, 5.41) is 2.68. The van der Waals surface area contributed by atoms with Gasteiger partial charge in [-0.05, 0) is 30.7 Å².